The van der Waals surface area contributed by atoms with Gasteiger partial charge in [-0.15, -0.1) is 0 Å². The minimum atomic E-state index is -0.353. The van der Waals surface area contributed by atoms with Gasteiger partial charge in [0, 0.05) is 29.7 Å². The van der Waals surface area contributed by atoms with Crippen LogP contribution in [0.4, 0.5) is 0 Å². The van der Waals surface area contributed by atoms with Crippen LogP contribution < -0.4 is 14.9 Å². The third-order valence-electron chi connectivity index (χ3n) is 5.21. The summed E-state index contributed by atoms with van der Waals surface area (Å²) in [6, 6.07) is 21.3. The topological polar surface area (TPSA) is 56.2 Å². The fraction of sp³-hybridized carbons (Fsp3) is 0.125. The number of fused-ring (bicyclic) bond motifs is 3. The minimum Gasteiger partial charge on any atom is -0.489 e. The van der Waals surface area contributed by atoms with Crippen LogP contribution in [-0.4, -0.2) is 4.98 Å². The smallest absolute Gasteiger partial charge is 0.336 e. The van der Waals surface area contributed by atoms with Crippen molar-refractivity contribution in [2.75, 3.05) is 0 Å². The quantitative estimate of drug-likeness (QED) is 0.266. The molecule has 2 aromatic heterocycles. The second kappa shape index (κ2) is 6.71. The molecular weight excluding hydrogens is 364 g/mol. The summed E-state index contributed by atoms with van der Waals surface area (Å²) in [6.45, 7) is 2.30. The predicted octanol–water partition coefficient (Wildman–Crippen LogP) is 4.21. The van der Waals surface area contributed by atoms with Crippen molar-refractivity contribution < 1.29 is 13.7 Å². The number of aromatic nitrogens is 2. The maximum absolute atomic E-state index is 11.6. The first-order chi connectivity index (χ1) is 14.1. The predicted molar refractivity (Wildman–Crippen MR) is 112 cm³/mol. The second-order valence-corrected chi connectivity index (χ2v) is 7.18. The molecule has 0 N–H and O–H groups in total. The van der Waals surface area contributed by atoms with Gasteiger partial charge in [-0.2, -0.15) is 4.57 Å². The summed E-state index contributed by atoms with van der Waals surface area (Å²) in [5.74, 6) is 0.660. The van der Waals surface area contributed by atoms with Gasteiger partial charge in [0.1, 0.15) is 36.0 Å². The highest BCUT2D eigenvalue weighted by atomic mass is 16.5. The first kappa shape index (κ1) is 17.4. The molecule has 29 heavy (non-hydrogen) atoms. The van der Waals surface area contributed by atoms with E-state index in [0.29, 0.717) is 17.9 Å². The van der Waals surface area contributed by atoms with Crippen molar-refractivity contribution in [3.8, 4) is 5.75 Å². The lowest BCUT2D eigenvalue weighted by Gasteiger charge is -2.08. The van der Waals surface area contributed by atoms with Gasteiger partial charge in [0.05, 0.1) is 0 Å². The van der Waals surface area contributed by atoms with Gasteiger partial charge in [-0.05, 0) is 42.3 Å². The van der Waals surface area contributed by atoms with Crippen molar-refractivity contribution in [3.05, 3.63) is 88.3 Å². The Labute approximate surface area is 166 Å². The van der Waals surface area contributed by atoms with E-state index in [4.69, 9.17) is 14.1 Å². The molecule has 0 aliphatic rings. The van der Waals surface area contributed by atoms with Gasteiger partial charge in [-0.1, -0.05) is 18.2 Å². The average molecular weight is 383 g/mol. The van der Waals surface area contributed by atoms with Crippen molar-refractivity contribution in [1.82, 2.24) is 4.98 Å². The Kier molecular flexibility index (Phi) is 4.02. The Morgan fingerprint density at radius 2 is 1.79 bits per heavy atom. The summed E-state index contributed by atoms with van der Waals surface area (Å²) in [4.78, 5) is 16.4. The number of benzene rings is 3. The number of rotatable bonds is 3. The highest BCUT2D eigenvalue weighted by Gasteiger charge is 2.13. The van der Waals surface area contributed by atoms with Crippen LogP contribution in [0, 0.1) is 6.92 Å². The SMILES string of the molecule is Cc1cc(=O)oc2cc(OCc3ccc4nc5ccccc5[n+](C)c4c3)ccc12. The van der Waals surface area contributed by atoms with Crippen LogP contribution in [0.1, 0.15) is 11.1 Å². The summed E-state index contributed by atoms with van der Waals surface area (Å²) in [7, 11) is 2.05. The summed E-state index contributed by atoms with van der Waals surface area (Å²) in [5.41, 5.74) is 6.16. The van der Waals surface area contributed by atoms with E-state index in [0.717, 1.165) is 38.6 Å². The molecule has 0 spiro atoms. The lowest BCUT2D eigenvalue weighted by Crippen LogP contribution is -2.30. The van der Waals surface area contributed by atoms with E-state index in [1.54, 1.807) is 6.07 Å². The normalized spacial score (nSPS) is 11.4. The number of ether oxygens (including phenoxy) is 1. The van der Waals surface area contributed by atoms with Crippen molar-refractivity contribution in [1.29, 1.82) is 0 Å². The summed E-state index contributed by atoms with van der Waals surface area (Å²) >= 11 is 0. The van der Waals surface area contributed by atoms with Gasteiger partial charge in [0.2, 0.25) is 11.0 Å². The molecule has 0 aliphatic carbocycles. The van der Waals surface area contributed by atoms with Crippen LogP contribution in [0.2, 0.25) is 0 Å². The van der Waals surface area contributed by atoms with Gasteiger partial charge >= 0.3 is 5.63 Å². The Balaban J connectivity index is 1.47. The fourth-order valence-electron chi connectivity index (χ4n) is 3.69. The van der Waals surface area contributed by atoms with Crippen LogP contribution >= 0.6 is 0 Å². The Hall–Kier alpha value is -3.73. The zero-order chi connectivity index (χ0) is 20.0. The molecule has 5 nitrogen and oxygen atoms in total. The molecule has 5 rings (SSSR count). The van der Waals surface area contributed by atoms with Gasteiger partial charge in [0.15, 0.2) is 0 Å². The van der Waals surface area contributed by atoms with E-state index in [2.05, 4.69) is 16.7 Å². The van der Waals surface area contributed by atoms with Crippen LogP contribution in [0.15, 0.2) is 75.9 Å². The zero-order valence-electron chi connectivity index (χ0n) is 16.2. The highest BCUT2D eigenvalue weighted by Crippen LogP contribution is 2.23. The molecule has 5 heteroatoms. The number of nitrogens with zero attached hydrogens (tertiary/aromatic N) is 2. The average Bonchev–Trinajstić information content (AvgIpc) is 2.72. The molecule has 3 aromatic carbocycles. The molecule has 0 atom stereocenters. The van der Waals surface area contributed by atoms with E-state index in [-0.39, 0.29) is 5.63 Å². The molecule has 5 aromatic rings. The Morgan fingerprint density at radius 1 is 0.966 bits per heavy atom. The monoisotopic (exact) mass is 383 g/mol. The molecule has 0 amide bonds. The number of hydrogen-bond acceptors (Lipinski definition) is 4. The van der Waals surface area contributed by atoms with Crippen molar-refractivity contribution >= 4 is 33.0 Å². The van der Waals surface area contributed by atoms with Gasteiger partial charge in [-0.3, -0.25) is 0 Å². The Bertz CT molecular complexity index is 1450. The van der Waals surface area contributed by atoms with E-state index in [1.807, 2.05) is 56.4 Å². The second-order valence-electron chi connectivity index (χ2n) is 7.18. The van der Waals surface area contributed by atoms with E-state index in [9.17, 15) is 4.79 Å². The maximum atomic E-state index is 11.6. The molecule has 0 fully saturated rings. The molecule has 0 saturated heterocycles. The molecule has 0 radical (unpaired) electrons. The maximum Gasteiger partial charge on any atom is 0.336 e. The number of para-hydroxylation sites is 2. The third-order valence-corrected chi connectivity index (χ3v) is 5.21. The largest absolute Gasteiger partial charge is 0.489 e. The molecule has 2 heterocycles. The lowest BCUT2D eigenvalue weighted by atomic mass is 10.1. The van der Waals surface area contributed by atoms with Crippen molar-refractivity contribution in [3.63, 3.8) is 0 Å². The van der Waals surface area contributed by atoms with E-state index in [1.165, 1.54) is 6.07 Å². The first-order valence-corrected chi connectivity index (χ1v) is 9.43. The molecule has 0 unspecified atom stereocenters. The third kappa shape index (κ3) is 3.10. The van der Waals surface area contributed by atoms with E-state index < -0.39 is 0 Å². The Morgan fingerprint density at radius 3 is 2.69 bits per heavy atom. The minimum absolute atomic E-state index is 0.353. The van der Waals surface area contributed by atoms with Crippen LogP contribution in [-0.2, 0) is 13.7 Å². The summed E-state index contributed by atoms with van der Waals surface area (Å²) in [6.07, 6.45) is 0. The molecule has 0 aliphatic heterocycles. The van der Waals surface area contributed by atoms with Crippen LogP contribution in [0.5, 0.6) is 5.75 Å². The van der Waals surface area contributed by atoms with Crippen molar-refractivity contribution in [2.24, 2.45) is 7.05 Å². The standard InChI is InChI=1S/C24H19N2O3/c1-15-11-24(27)29-23-13-17(8-9-18(15)23)28-14-16-7-10-20-22(12-16)26(2)21-6-4-3-5-19(21)25-20/h3-13H,14H2,1-2H3/q+1. The number of hydrogen-bond donors (Lipinski definition) is 0. The number of aryl methyl sites for hydroxylation is 2. The highest BCUT2D eigenvalue weighted by molar-refractivity contribution is 5.82. The van der Waals surface area contributed by atoms with Crippen LogP contribution in [0.3, 0.4) is 0 Å². The van der Waals surface area contributed by atoms with E-state index >= 15 is 0 Å². The summed E-state index contributed by atoms with van der Waals surface area (Å²) < 4.78 is 13.4. The summed E-state index contributed by atoms with van der Waals surface area (Å²) in [5, 5.41) is 0.910. The van der Waals surface area contributed by atoms with Gasteiger partial charge in [0.25, 0.3) is 0 Å². The molecule has 142 valence electrons. The lowest BCUT2D eigenvalue weighted by molar-refractivity contribution is -0.618. The molecule has 0 saturated carbocycles. The van der Waals surface area contributed by atoms with Gasteiger partial charge < -0.3 is 9.15 Å². The van der Waals surface area contributed by atoms with Crippen molar-refractivity contribution in [2.45, 2.75) is 13.5 Å². The fourth-order valence-corrected chi connectivity index (χ4v) is 3.69. The van der Waals surface area contributed by atoms with Gasteiger partial charge in [-0.25, -0.2) is 9.78 Å². The molecule has 0 bridgehead atoms. The van der Waals surface area contributed by atoms with Crippen LogP contribution in [0.25, 0.3) is 33.0 Å². The zero-order valence-corrected chi connectivity index (χ0v) is 16.2. The molecular formula is C24H19N2O3+. The first-order valence-electron chi connectivity index (χ1n) is 9.43.